The van der Waals surface area contributed by atoms with Gasteiger partial charge < -0.3 is 10.6 Å². The van der Waals surface area contributed by atoms with Gasteiger partial charge in [0, 0.05) is 31.6 Å². The fraction of sp³-hybridized carbons (Fsp3) is 0.923. The van der Waals surface area contributed by atoms with Crippen LogP contribution in [0.15, 0.2) is 0 Å². The molecule has 2 rings (SSSR count). The number of nitrogens with zero attached hydrogens (tertiary/aromatic N) is 2. The van der Waals surface area contributed by atoms with Crippen LogP contribution in [-0.2, 0) is 4.79 Å². The first-order valence-electron chi connectivity index (χ1n) is 6.96. The Morgan fingerprint density at radius 3 is 2.94 bits per heavy atom. The lowest BCUT2D eigenvalue weighted by atomic mass is 9.97. The maximum Gasteiger partial charge on any atom is 0.222 e. The van der Waals surface area contributed by atoms with Gasteiger partial charge in [-0.3, -0.25) is 9.69 Å². The van der Waals surface area contributed by atoms with Gasteiger partial charge in [0.25, 0.3) is 0 Å². The maximum absolute atomic E-state index is 12.1. The summed E-state index contributed by atoms with van der Waals surface area (Å²) in [5.74, 6) is 0.299. The molecule has 2 unspecified atom stereocenters. The number of amides is 1. The van der Waals surface area contributed by atoms with Gasteiger partial charge in [-0.2, -0.15) is 0 Å². The van der Waals surface area contributed by atoms with Crippen LogP contribution in [0.5, 0.6) is 0 Å². The Morgan fingerprint density at radius 1 is 1.35 bits per heavy atom. The van der Waals surface area contributed by atoms with Gasteiger partial charge in [-0.25, -0.2) is 0 Å². The molecule has 0 aromatic heterocycles. The third kappa shape index (κ3) is 2.99. The van der Waals surface area contributed by atoms with Gasteiger partial charge in [0.2, 0.25) is 5.91 Å². The molecule has 0 aromatic carbocycles. The number of hydrogen-bond donors (Lipinski definition) is 1. The summed E-state index contributed by atoms with van der Waals surface area (Å²) >= 11 is 0. The summed E-state index contributed by atoms with van der Waals surface area (Å²) in [6, 6.07) is 0.983. The molecule has 0 aromatic rings. The molecule has 0 radical (unpaired) electrons. The SMILES string of the molecule is CC1CN2CCCCC2CN1C(=O)CCCN. The average Bonchev–Trinajstić information content (AvgIpc) is 2.35. The minimum Gasteiger partial charge on any atom is -0.337 e. The summed E-state index contributed by atoms with van der Waals surface area (Å²) in [5, 5.41) is 0. The molecule has 2 saturated heterocycles. The zero-order chi connectivity index (χ0) is 12.3. The summed E-state index contributed by atoms with van der Waals surface area (Å²) in [6.07, 6.45) is 5.34. The van der Waals surface area contributed by atoms with Crippen molar-refractivity contribution in [3.63, 3.8) is 0 Å². The maximum atomic E-state index is 12.1. The van der Waals surface area contributed by atoms with E-state index in [-0.39, 0.29) is 0 Å². The Labute approximate surface area is 104 Å². The smallest absolute Gasteiger partial charge is 0.222 e. The number of piperazine rings is 1. The van der Waals surface area contributed by atoms with Crippen molar-refractivity contribution in [2.75, 3.05) is 26.2 Å². The van der Waals surface area contributed by atoms with E-state index in [0.29, 0.717) is 31.0 Å². The van der Waals surface area contributed by atoms with Gasteiger partial charge in [-0.1, -0.05) is 6.42 Å². The van der Waals surface area contributed by atoms with Crippen LogP contribution >= 0.6 is 0 Å². The van der Waals surface area contributed by atoms with Crippen LogP contribution in [0, 0.1) is 0 Å². The van der Waals surface area contributed by atoms with E-state index in [1.165, 1.54) is 25.8 Å². The van der Waals surface area contributed by atoms with Crippen molar-refractivity contribution in [3.05, 3.63) is 0 Å². The molecule has 0 saturated carbocycles. The number of nitrogens with two attached hydrogens (primary N) is 1. The lowest BCUT2D eigenvalue weighted by molar-refractivity contribution is -0.138. The van der Waals surface area contributed by atoms with E-state index in [0.717, 1.165) is 19.5 Å². The van der Waals surface area contributed by atoms with Gasteiger partial charge in [-0.05, 0) is 39.3 Å². The molecular weight excluding hydrogens is 214 g/mol. The second-order valence-electron chi connectivity index (χ2n) is 5.43. The predicted molar refractivity (Wildman–Crippen MR) is 68.7 cm³/mol. The van der Waals surface area contributed by atoms with Crippen molar-refractivity contribution in [3.8, 4) is 0 Å². The highest BCUT2D eigenvalue weighted by Gasteiger charge is 2.34. The molecule has 4 heteroatoms. The number of piperidine rings is 1. The molecule has 0 aliphatic carbocycles. The minimum absolute atomic E-state index is 0.299. The van der Waals surface area contributed by atoms with Gasteiger partial charge in [0.05, 0.1) is 0 Å². The van der Waals surface area contributed by atoms with Crippen LogP contribution in [0.4, 0.5) is 0 Å². The van der Waals surface area contributed by atoms with E-state index in [4.69, 9.17) is 5.73 Å². The molecule has 17 heavy (non-hydrogen) atoms. The average molecular weight is 239 g/mol. The number of hydrogen-bond acceptors (Lipinski definition) is 3. The number of carbonyl (C=O) groups excluding carboxylic acids is 1. The van der Waals surface area contributed by atoms with Gasteiger partial charge >= 0.3 is 0 Å². The molecule has 0 spiro atoms. The fourth-order valence-corrected chi connectivity index (χ4v) is 3.10. The fourth-order valence-electron chi connectivity index (χ4n) is 3.10. The molecule has 2 fully saturated rings. The lowest BCUT2D eigenvalue weighted by Gasteiger charge is -2.47. The molecule has 2 aliphatic heterocycles. The molecule has 0 bridgehead atoms. The molecule has 2 aliphatic rings. The van der Waals surface area contributed by atoms with E-state index >= 15 is 0 Å². The zero-order valence-electron chi connectivity index (χ0n) is 10.9. The van der Waals surface area contributed by atoms with Crippen LogP contribution in [-0.4, -0.2) is 54.0 Å². The monoisotopic (exact) mass is 239 g/mol. The first-order valence-corrected chi connectivity index (χ1v) is 6.96. The lowest BCUT2D eigenvalue weighted by Crippen LogP contribution is -2.60. The Bertz CT molecular complexity index is 269. The Morgan fingerprint density at radius 2 is 2.18 bits per heavy atom. The van der Waals surface area contributed by atoms with Crippen molar-refractivity contribution in [1.82, 2.24) is 9.80 Å². The number of carbonyl (C=O) groups is 1. The predicted octanol–water partition coefficient (Wildman–Crippen LogP) is 0.811. The molecule has 98 valence electrons. The summed E-state index contributed by atoms with van der Waals surface area (Å²) < 4.78 is 0. The highest BCUT2D eigenvalue weighted by atomic mass is 16.2. The van der Waals surface area contributed by atoms with Gasteiger partial charge in [0.15, 0.2) is 0 Å². The zero-order valence-corrected chi connectivity index (χ0v) is 10.9. The summed E-state index contributed by atoms with van der Waals surface area (Å²) in [6.45, 7) is 6.00. The number of rotatable bonds is 3. The Hall–Kier alpha value is -0.610. The minimum atomic E-state index is 0.299. The van der Waals surface area contributed by atoms with Gasteiger partial charge in [0.1, 0.15) is 0 Å². The van der Waals surface area contributed by atoms with Crippen molar-refractivity contribution >= 4 is 5.91 Å². The van der Waals surface area contributed by atoms with Crippen molar-refractivity contribution < 1.29 is 4.79 Å². The first kappa shape index (κ1) is 12.8. The highest BCUT2D eigenvalue weighted by molar-refractivity contribution is 5.76. The summed E-state index contributed by atoms with van der Waals surface area (Å²) in [5.41, 5.74) is 5.47. The van der Waals surface area contributed by atoms with E-state index < -0.39 is 0 Å². The van der Waals surface area contributed by atoms with Crippen LogP contribution in [0.3, 0.4) is 0 Å². The molecule has 2 heterocycles. The quantitative estimate of drug-likeness (QED) is 0.793. The van der Waals surface area contributed by atoms with E-state index in [1.54, 1.807) is 0 Å². The Balaban J connectivity index is 1.92. The third-order valence-corrected chi connectivity index (χ3v) is 4.10. The molecular formula is C13H25N3O. The topological polar surface area (TPSA) is 49.6 Å². The highest BCUT2D eigenvalue weighted by Crippen LogP contribution is 2.24. The second-order valence-corrected chi connectivity index (χ2v) is 5.43. The molecule has 2 N–H and O–H groups in total. The van der Waals surface area contributed by atoms with Crippen molar-refractivity contribution in [2.45, 2.75) is 51.1 Å². The molecule has 2 atom stereocenters. The normalized spacial score (nSPS) is 30.1. The van der Waals surface area contributed by atoms with Crippen LogP contribution < -0.4 is 5.73 Å². The number of fused-ring (bicyclic) bond motifs is 1. The van der Waals surface area contributed by atoms with Crippen molar-refractivity contribution in [1.29, 1.82) is 0 Å². The van der Waals surface area contributed by atoms with E-state index in [2.05, 4.69) is 16.7 Å². The van der Waals surface area contributed by atoms with Gasteiger partial charge in [-0.15, -0.1) is 0 Å². The van der Waals surface area contributed by atoms with Crippen LogP contribution in [0.1, 0.15) is 39.0 Å². The molecule has 4 nitrogen and oxygen atoms in total. The van der Waals surface area contributed by atoms with Crippen LogP contribution in [0.25, 0.3) is 0 Å². The van der Waals surface area contributed by atoms with E-state index in [9.17, 15) is 4.79 Å². The Kier molecular flexibility index (Phi) is 4.40. The summed E-state index contributed by atoms with van der Waals surface area (Å²) in [4.78, 5) is 16.7. The largest absolute Gasteiger partial charge is 0.337 e. The van der Waals surface area contributed by atoms with Crippen molar-refractivity contribution in [2.24, 2.45) is 5.73 Å². The third-order valence-electron chi connectivity index (χ3n) is 4.10. The standard InChI is InChI=1S/C13H25N3O/c1-11-9-15-8-3-2-5-12(15)10-16(11)13(17)6-4-7-14/h11-12H,2-10,14H2,1H3. The molecule has 1 amide bonds. The first-order chi connectivity index (χ1) is 8.22. The summed E-state index contributed by atoms with van der Waals surface area (Å²) in [7, 11) is 0. The second kappa shape index (κ2) is 5.83. The van der Waals surface area contributed by atoms with Crippen LogP contribution in [0.2, 0.25) is 0 Å². The van der Waals surface area contributed by atoms with E-state index in [1.807, 2.05) is 0 Å².